The van der Waals surface area contributed by atoms with Gasteiger partial charge in [0, 0.05) is 17.2 Å². The molecule has 0 saturated heterocycles. The number of halogens is 3. The number of nitrogens with one attached hydrogen (secondary N) is 1. The van der Waals surface area contributed by atoms with Crippen LogP contribution in [0.15, 0.2) is 24.3 Å². The van der Waals surface area contributed by atoms with Gasteiger partial charge in [0.25, 0.3) is 0 Å². The Hall–Kier alpha value is -1.72. The van der Waals surface area contributed by atoms with Gasteiger partial charge >= 0.3 is 6.36 Å². The zero-order valence-electron chi connectivity index (χ0n) is 17.5. The number of hydrogen-bond donors (Lipinski definition) is 1. The molecular weight excluding hydrogens is 367 g/mol. The second-order valence-electron chi connectivity index (χ2n) is 9.45. The Kier molecular flexibility index (Phi) is 6.72. The van der Waals surface area contributed by atoms with Crippen LogP contribution in [-0.4, -0.2) is 12.3 Å². The van der Waals surface area contributed by atoms with Crippen molar-refractivity contribution in [2.24, 2.45) is 22.7 Å². The minimum absolute atomic E-state index is 0.0453. The Morgan fingerprint density at radius 2 is 1.96 bits per heavy atom. The monoisotopic (exact) mass is 399 g/mol. The molecule has 0 heterocycles. The standard InChI is InChI=1S/C22H32F3NO2/c1-6-15(2)10-16-12-20(3,4)14-21(5,13-16)19(27)26-17-8-7-9-18(11-17)28-22(23,24)25/h7-9,11,15-16H,6,10,12-14H2,1-5H3,(H,26,27). The lowest BCUT2D eigenvalue weighted by Crippen LogP contribution is -2.44. The fourth-order valence-electron chi connectivity index (χ4n) is 4.82. The molecule has 3 atom stereocenters. The summed E-state index contributed by atoms with van der Waals surface area (Å²) in [5, 5.41) is 2.82. The van der Waals surface area contributed by atoms with Crippen molar-refractivity contribution in [3.63, 3.8) is 0 Å². The molecule has 1 fully saturated rings. The van der Waals surface area contributed by atoms with Gasteiger partial charge in [0.05, 0.1) is 0 Å². The van der Waals surface area contributed by atoms with E-state index in [2.05, 4.69) is 37.7 Å². The summed E-state index contributed by atoms with van der Waals surface area (Å²) in [4.78, 5) is 13.1. The van der Waals surface area contributed by atoms with E-state index in [-0.39, 0.29) is 17.1 Å². The fourth-order valence-corrected chi connectivity index (χ4v) is 4.82. The number of ether oxygens (including phenoxy) is 1. The van der Waals surface area contributed by atoms with Crippen LogP contribution in [0, 0.1) is 22.7 Å². The van der Waals surface area contributed by atoms with Gasteiger partial charge in [0.1, 0.15) is 5.75 Å². The Morgan fingerprint density at radius 3 is 2.57 bits per heavy atom. The molecule has 1 aromatic carbocycles. The lowest BCUT2D eigenvalue weighted by atomic mass is 9.59. The summed E-state index contributed by atoms with van der Waals surface area (Å²) in [6, 6.07) is 5.45. The molecule has 0 radical (unpaired) electrons. The largest absolute Gasteiger partial charge is 0.573 e. The molecule has 28 heavy (non-hydrogen) atoms. The number of anilines is 1. The van der Waals surface area contributed by atoms with Crippen molar-refractivity contribution in [1.82, 2.24) is 0 Å². The molecule has 2 rings (SSSR count). The highest BCUT2D eigenvalue weighted by atomic mass is 19.4. The van der Waals surface area contributed by atoms with Crippen molar-refractivity contribution in [1.29, 1.82) is 0 Å². The number of benzene rings is 1. The van der Waals surface area contributed by atoms with Crippen LogP contribution in [0.3, 0.4) is 0 Å². The third-order valence-electron chi connectivity index (χ3n) is 5.76. The van der Waals surface area contributed by atoms with Crippen molar-refractivity contribution >= 4 is 11.6 Å². The number of rotatable bonds is 6. The summed E-state index contributed by atoms with van der Waals surface area (Å²) in [5.74, 6) is 0.601. The molecule has 0 aromatic heterocycles. The average molecular weight is 399 g/mol. The molecule has 158 valence electrons. The third-order valence-corrected chi connectivity index (χ3v) is 5.76. The first-order valence-corrected chi connectivity index (χ1v) is 9.99. The topological polar surface area (TPSA) is 38.3 Å². The predicted octanol–water partition coefficient (Wildman–Crippen LogP) is 6.79. The predicted molar refractivity (Wildman–Crippen MR) is 105 cm³/mol. The van der Waals surface area contributed by atoms with Crippen molar-refractivity contribution in [3.8, 4) is 5.75 Å². The maximum absolute atomic E-state index is 13.1. The third kappa shape index (κ3) is 6.42. The molecule has 1 aromatic rings. The minimum Gasteiger partial charge on any atom is -0.406 e. The molecule has 1 aliphatic rings. The Morgan fingerprint density at radius 1 is 1.29 bits per heavy atom. The molecule has 1 aliphatic carbocycles. The van der Waals surface area contributed by atoms with E-state index in [0.29, 0.717) is 17.5 Å². The van der Waals surface area contributed by atoms with Gasteiger partial charge < -0.3 is 10.1 Å². The smallest absolute Gasteiger partial charge is 0.406 e. The van der Waals surface area contributed by atoms with E-state index < -0.39 is 11.8 Å². The number of carbonyl (C=O) groups excluding carboxylic acids is 1. The van der Waals surface area contributed by atoms with Crippen LogP contribution in [0.4, 0.5) is 18.9 Å². The minimum atomic E-state index is -4.76. The summed E-state index contributed by atoms with van der Waals surface area (Å²) in [6.45, 7) is 10.8. The number of carbonyl (C=O) groups is 1. The Labute approximate surface area is 166 Å². The molecule has 1 N–H and O–H groups in total. The lowest BCUT2D eigenvalue weighted by molar-refractivity contribution is -0.274. The quantitative estimate of drug-likeness (QED) is 0.572. The summed E-state index contributed by atoms with van der Waals surface area (Å²) < 4.78 is 41.3. The van der Waals surface area contributed by atoms with Gasteiger partial charge in [-0.05, 0) is 55.1 Å². The maximum atomic E-state index is 13.1. The molecule has 0 bridgehead atoms. The second-order valence-corrected chi connectivity index (χ2v) is 9.45. The zero-order chi connectivity index (χ0) is 21.2. The molecule has 1 saturated carbocycles. The van der Waals surface area contributed by atoms with Crippen molar-refractivity contribution in [3.05, 3.63) is 24.3 Å². The average Bonchev–Trinajstić information content (AvgIpc) is 2.51. The van der Waals surface area contributed by atoms with E-state index >= 15 is 0 Å². The summed E-state index contributed by atoms with van der Waals surface area (Å²) in [7, 11) is 0. The van der Waals surface area contributed by atoms with Gasteiger partial charge in [0.15, 0.2) is 0 Å². The zero-order valence-corrected chi connectivity index (χ0v) is 17.5. The molecule has 1 amide bonds. The molecule has 6 heteroatoms. The van der Waals surface area contributed by atoms with Gasteiger partial charge in [-0.1, -0.05) is 47.1 Å². The summed E-state index contributed by atoms with van der Waals surface area (Å²) in [6.07, 6.45) is 0.0940. The Balaban J connectivity index is 2.14. The van der Waals surface area contributed by atoms with Crippen molar-refractivity contribution in [2.45, 2.75) is 73.1 Å². The van der Waals surface area contributed by atoms with E-state index in [4.69, 9.17) is 0 Å². The van der Waals surface area contributed by atoms with Crippen molar-refractivity contribution < 1.29 is 22.7 Å². The molecular formula is C22H32F3NO2. The van der Waals surface area contributed by atoms with Crippen LogP contribution >= 0.6 is 0 Å². The first-order chi connectivity index (χ1) is 12.8. The van der Waals surface area contributed by atoms with Crippen LogP contribution in [0.1, 0.15) is 66.7 Å². The van der Waals surface area contributed by atoms with Crippen LogP contribution in [0.25, 0.3) is 0 Å². The van der Waals surface area contributed by atoms with Crippen LogP contribution in [0.5, 0.6) is 5.75 Å². The van der Waals surface area contributed by atoms with Gasteiger partial charge in [-0.2, -0.15) is 0 Å². The van der Waals surface area contributed by atoms with E-state index in [9.17, 15) is 18.0 Å². The van der Waals surface area contributed by atoms with Crippen LogP contribution in [-0.2, 0) is 4.79 Å². The number of hydrogen-bond acceptors (Lipinski definition) is 2. The first-order valence-electron chi connectivity index (χ1n) is 9.99. The lowest BCUT2D eigenvalue weighted by Gasteiger charge is -2.46. The van der Waals surface area contributed by atoms with Crippen LogP contribution < -0.4 is 10.1 Å². The van der Waals surface area contributed by atoms with E-state index in [1.54, 1.807) is 6.07 Å². The fraction of sp³-hybridized carbons (Fsp3) is 0.682. The van der Waals surface area contributed by atoms with Gasteiger partial charge in [-0.25, -0.2) is 0 Å². The second kappa shape index (κ2) is 8.34. The van der Waals surface area contributed by atoms with Crippen molar-refractivity contribution in [2.75, 3.05) is 5.32 Å². The van der Waals surface area contributed by atoms with E-state index in [1.807, 2.05) is 6.92 Å². The number of amides is 1. The van der Waals surface area contributed by atoms with E-state index in [0.717, 1.165) is 32.1 Å². The first kappa shape index (κ1) is 22.6. The van der Waals surface area contributed by atoms with Gasteiger partial charge in [-0.3, -0.25) is 4.79 Å². The molecule has 3 unspecified atom stereocenters. The van der Waals surface area contributed by atoms with Gasteiger partial charge in [0.2, 0.25) is 5.91 Å². The van der Waals surface area contributed by atoms with E-state index in [1.165, 1.54) is 18.2 Å². The van der Waals surface area contributed by atoms with Crippen LogP contribution in [0.2, 0.25) is 0 Å². The summed E-state index contributed by atoms with van der Waals surface area (Å²) >= 11 is 0. The Bertz CT molecular complexity index is 687. The maximum Gasteiger partial charge on any atom is 0.573 e. The highest BCUT2D eigenvalue weighted by Crippen LogP contribution is 2.50. The normalized spacial score (nSPS) is 25.8. The SMILES string of the molecule is CCC(C)CC1CC(C)(C)CC(C)(C(=O)Nc2cccc(OC(F)(F)F)c2)C1. The highest BCUT2D eigenvalue weighted by molar-refractivity contribution is 5.95. The molecule has 0 spiro atoms. The number of alkyl halides is 3. The van der Waals surface area contributed by atoms with Gasteiger partial charge in [-0.15, -0.1) is 13.2 Å². The molecule has 3 nitrogen and oxygen atoms in total. The highest BCUT2D eigenvalue weighted by Gasteiger charge is 2.45. The summed E-state index contributed by atoms with van der Waals surface area (Å²) in [5.41, 5.74) is -0.195. The molecule has 0 aliphatic heterocycles.